The van der Waals surface area contributed by atoms with Crippen LogP contribution in [0.5, 0.6) is 11.5 Å². The van der Waals surface area contributed by atoms with E-state index >= 15 is 0 Å². The Morgan fingerprint density at radius 2 is 1.95 bits per heavy atom. The smallest absolute Gasteiger partial charge is 0.132 e. The molecule has 0 fully saturated rings. The molecule has 5 heteroatoms. The lowest BCUT2D eigenvalue weighted by atomic mass is 10.1. The van der Waals surface area contributed by atoms with E-state index < -0.39 is 0 Å². The summed E-state index contributed by atoms with van der Waals surface area (Å²) in [6, 6.07) is 5.36. The van der Waals surface area contributed by atoms with Crippen LogP contribution in [0.1, 0.15) is 33.3 Å². The Labute approximate surface area is 120 Å². The van der Waals surface area contributed by atoms with E-state index in [1.807, 2.05) is 20.8 Å². The van der Waals surface area contributed by atoms with Crippen LogP contribution in [0.4, 0.5) is 0 Å². The molecule has 0 bridgehead atoms. The third-order valence-corrected chi connectivity index (χ3v) is 2.60. The molecule has 1 aromatic carbocycles. The van der Waals surface area contributed by atoms with Gasteiger partial charge < -0.3 is 19.4 Å². The van der Waals surface area contributed by atoms with Gasteiger partial charge in [0.15, 0.2) is 0 Å². The fourth-order valence-corrected chi connectivity index (χ4v) is 1.60. The number of methoxy groups -OCH3 is 1. The van der Waals surface area contributed by atoms with Crippen LogP contribution in [0.2, 0.25) is 0 Å². The molecule has 0 aliphatic heterocycles. The Kier molecular flexibility index (Phi) is 5.82. The second-order valence-electron chi connectivity index (χ2n) is 5.36. The number of ether oxygens (including phenoxy) is 3. The number of benzene rings is 1. The first-order chi connectivity index (χ1) is 9.37. The summed E-state index contributed by atoms with van der Waals surface area (Å²) < 4.78 is 16.5. The van der Waals surface area contributed by atoms with Gasteiger partial charge in [0, 0.05) is 11.6 Å². The zero-order valence-corrected chi connectivity index (χ0v) is 12.8. The molecule has 1 N–H and O–H groups in total. The third kappa shape index (κ3) is 5.09. The first-order valence-corrected chi connectivity index (χ1v) is 6.51. The van der Waals surface area contributed by atoms with E-state index in [0.717, 1.165) is 5.56 Å². The summed E-state index contributed by atoms with van der Waals surface area (Å²) in [5.74, 6) is 1.29. The zero-order valence-electron chi connectivity index (χ0n) is 12.8. The molecular weight excluding hydrogens is 258 g/mol. The number of hydrogen-bond donors (Lipinski definition) is 1. The fraction of sp³-hybridized carbons (Fsp3) is 0.533. The molecule has 1 aromatic rings. The van der Waals surface area contributed by atoms with Crippen molar-refractivity contribution in [1.29, 1.82) is 0 Å². The van der Waals surface area contributed by atoms with Crippen molar-refractivity contribution in [3.8, 4) is 11.5 Å². The van der Waals surface area contributed by atoms with Gasteiger partial charge in [-0.05, 0) is 39.8 Å². The van der Waals surface area contributed by atoms with Crippen LogP contribution in [0, 0.1) is 0 Å². The average molecular weight is 281 g/mol. The highest BCUT2D eigenvalue weighted by molar-refractivity contribution is 6.00. The maximum atomic E-state index is 8.89. The number of nitrogens with zero attached hydrogens (tertiary/aromatic N) is 1. The lowest BCUT2D eigenvalue weighted by molar-refractivity contribution is -0.0163. The fourth-order valence-electron chi connectivity index (χ4n) is 1.60. The monoisotopic (exact) mass is 281 g/mol. The molecular formula is C15H23NO4. The van der Waals surface area contributed by atoms with E-state index in [1.165, 1.54) is 0 Å². The molecule has 112 valence electrons. The summed E-state index contributed by atoms with van der Waals surface area (Å²) in [5, 5.41) is 12.1. The molecule has 0 aliphatic rings. The maximum Gasteiger partial charge on any atom is 0.132 e. The Hall–Kier alpha value is -1.75. The molecule has 0 saturated heterocycles. The van der Waals surface area contributed by atoms with Gasteiger partial charge in [0.2, 0.25) is 0 Å². The SMILES string of the molecule is COc1ccc(/C(C)=N/O)c(OCCOC(C)(C)C)c1. The van der Waals surface area contributed by atoms with Crippen LogP contribution in [0.25, 0.3) is 0 Å². The lowest BCUT2D eigenvalue weighted by Gasteiger charge is -2.20. The molecule has 20 heavy (non-hydrogen) atoms. The van der Waals surface area contributed by atoms with E-state index in [1.54, 1.807) is 32.2 Å². The largest absolute Gasteiger partial charge is 0.497 e. The van der Waals surface area contributed by atoms with Crippen LogP contribution in [-0.4, -0.2) is 36.8 Å². The lowest BCUT2D eigenvalue weighted by Crippen LogP contribution is -2.22. The van der Waals surface area contributed by atoms with Gasteiger partial charge in [-0.3, -0.25) is 0 Å². The van der Waals surface area contributed by atoms with Crippen molar-refractivity contribution in [2.24, 2.45) is 5.16 Å². The molecule has 1 rings (SSSR count). The zero-order chi connectivity index (χ0) is 15.2. The van der Waals surface area contributed by atoms with Gasteiger partial charge in [0.25, 0.3) is 0 Å². The van der Waals surface area contributed by atoms with E-state index in [-0.39, 0.29) is 5.60 Å². The summed E-state index contributed by atoms with van der Waals surface area (Å²) in [6.07, 6.45) is 0. The standard InChI is InChI=1S/C15H23NO4/c1-11(16-17)13-7-6-12(18-5)10-14(13)19-8-9-20-15(2,3)4/h6-7,10,17H,8-9H2,1-5H3/b16-11+. The molecule has 5 nitrogen and oxygen atoms in total. The minimum atomic E-state index is -0.191. The molecule has 0 amide bonds. The summed E-state index contributed by atoms with van der Waals surface area (Å²) >= 11 is 0. The molecule has 0 aliphatic carbocycles. The molecule has 0 saturated carbocycles. The minimum absolute atomic E-state index is 0.191. The van der Waals surface area contributed by atoms with E-state index in [0.29, 0.717) is 30.4 Å². The van der Waals surface area contributed by atoms with Crippen molar-refractivity contribution in [3.63, 3.8) is 0 Å². The maximum absolute atomic E-state index is 8.89. The van der Waals surface area contributed by atoms with Gasteiger partial charge in [-0.15, -0.1) is 0 Å². The van der Waals surface area contributed by atoms with Crippen LogP contribution in [-0.2, 0) is 4.74 Å². The van der Waals surface area contributed by atoms with Crippen molar-refractivity contribution < 1.29 is 19.4 Å². The molecule has 0 spiro atoms. The minimum Gasteiger partial charge on any atom is -0.497 e. The highest BCUT2D eigenvalue weighted by Gasteiger charge is 2.12. The second kappa shape index (κ2) is 7.14. The van der Waals surface area contributed by atoms with Gasteiger partial charge in [-0.1, -0.05) is 5.16 Å². The highest BCUT2D eigenvalue weighted by Crippen LogP contribution is 2.25. The molecule has 0 unspecified atom stereocenters. The van der Waals surface area contributed by atoms with E-state index in [2.05, 4.69) is 5.16 Å². The van der Waals surface area contributed by atoms with E-state index in [9.17, 15) is 0 Å². The Bertz CT molecular complexity index is 463. The number of oxime groups is 1. The summed E-state index contributed by atoms with van der Waals surface area (Å²) in [4.78, 5) is 0. The van der Waals surface area contributed by atoms with E-state index in [4.69, 9.17) is 19.4 Å². The first kappa shape index (κ1) is 16.3. The normalized spacial score (nSPS) is 12.3. The molecule has 0 aromatic heterocycles. The topological polar surface area (TPSA) is 60.3 Å². The predicted octanol–water partition coefficient (Wildman–Crippen LogP) is 3.09. The van der Waals surface area contributed by atoms with Gasteiger partial charge >= 0.3 is 0 Å². The van der Waals surface area contributed by atoms with Gasteiger partial charge in [-0.2, -0.15) is 0 Å². The Morgan fingerprint density at radius 1 is 1.25 bits per heavy atom. The highest BCUT2D eigenvalue weighted by atomic mass is 16.5. The van der Waals surface area contributed by atoms with Crippen molar-refractivity contribution in [1.82, 2.24) is 0 Å². The summed E-state index contributed by atoms with van der Waals surface area (Å²) in [7, 11) is 1.59. The number of rotatable bonds is 6. The predicted molar refractivity (Wildman–Crippen MR) is 78.2 cm³/mol. The van der Waals surface area contributed by atoms with Gasteiger partial charge in [0.05, 0.1) is 25.0 Å². The van der Waals surface area contributed by atoms with Crippen LogP contribution in [0.3, 0.4) is 0 Å². The van der Waals surface area contributed by atoms with Crippen molar-refractivity contribution in [3.05, 3.63) is 23.8 Å². The molecule has 0 heterocycles. The number of hydrogen-bond acceptors (Lipinski definition) is 5. The third-order valence-electron chi connectivity index (χ3n) is 2.60. The van der Waals surface area contributed by atoms with Gasteiger partial charge in [0.1, 0.15) is 18.1 Å². The Balaban J connectivity index is 2.76. The quantitative estimate of drug-likeness (QED) is 0.377. The van der Waals surface area contributed by atoms with Crippen LogP contribution in [0.15, 0.2) is 23.4 Å². The van der Waals surface area contributed by atoms with Crippen LogP contribution >= 0.6 is 0 Å². The second-order valence-corrected chi connectivity index (χ2v) is 5.36. The summed E-state index contributed by atoms with van der Waals surface area (Å²) in [6.45, 7) is 8.58. The summed E-state index contributed by atoms with van der Waals surface area (Å²) in [5.41, 5.74) is 1.02. The van der Waals surface area contributed by atoms with Crippen molar-refractivity contribution >= 4 is 5.71 Å². The average Bonchev–Trinajstić information content (AvgIpc) is 2.41. The molecule has 0 atom stereocenters. The van der Waals surface area contributed by atoms with Gasteiger partial charge in [-0.25, -0.2) is 0 Å². The Morgan fingerprint density at radius 3 is 2.50 bits per heavy atom. The van der Waals surface area contributed by atoms with Crippen molar-refractivity contribution in [2.75, 3.05) is 20.3 Å². The first-order valence-electron chi connectivity index (χ1n) is 6.51. The van der Waals surface area contributed by atoms with Crippen LogP contribution < -0.4 is 9.47 Å². The van der Waals surface area contributed by atoms with Crippen molar-refractivity contribution in [2.45, 2.75) is 33.3 Å². The molecule has 0 radical (unpaired) electrons.